The normalized spacial score (nSPS) is 13.3. The Balaban J connectivity index is 1.73. The molecule has 136 valence electrons. The van der Waals surface area contributed by atoms with E-state index >= 15 is 0 Å². The number of fused-ring (bicyclic) bond motifs is 2. The summed E-state index contributed by atoms with van der Waals surface area (Å²) in [5.41, 5.74) is 2.40. The lowest BCUT2D eigenvalue weighted by Crippen LogP contribution is -2.29. The van der Waals surface area contributed by atoms with Crippen LogP contribution in [0.5, 0.6) is 5.75 Å². The number of pyridine rings is 1. The molecule has 0 bridgehead atoms. The number of rotatable bonds is 6. The maximum absolute atomic E-state index is 12.7. The summed E-state index contributed by atoms with van der Waals surface area (Å²) in [4.78, 5) is 31.1. The first-order valence-electron chi connectivity index (χ1n) is 8.64. The van der Waals surface area contributed by atoms with Gasteiger partial charge in [0.15, 0.2) is 0 Å². The first kappa shape index (κ1) is 17.2. The molecule has 27 heavy (non-hydrogen) atoms. The number of benzene rings is 2. The predicted molar refractivity (Wildman–Crippen MR) is 99.8 cm³/mol. The molecule has 0 radical (unpaired) electrons. The molecule has 1 aliphatic heterocycles. The van der Waals surface area contributed by atoms with Crippen molar-refractivity contribution >= 4 is 22.7 Å². The molecule has 0 spiro atoms. The number of nitrogens with zero attached hydrogens (tertiary/aromatic N) is 2. The highest BCUT2D eigenvalue weighted by Gasteiger charge is 2.35. The van der Waals surface area contributed by atoms with E-state index in [9.17, 15) is 9.59 Å². The van der Waals surface area contributed by atoms with Crippen LogP contribution in [0.25, 0.3) is 10.9 Å². The lowest BCUT2D eigenvalue weighted by Gasteiger charge is -2.19. The van der Waals surface area contributed by atoms with Gasteiger partial charge in [-0.2, -0.15) is 0 Å². The van der Waals surface area contributed by atoms with Crippen LogP contribution >= 0.6 is 0 Å². The predicted octanol–water partition coefficient (Wildman–Crippen LogP) is 3.06. The van der Waals surface area contributed by atoms with Crippen LogP contribution in [0, 0.1) is 0 Å². The minimum Gasteiger partial charge on any atom is -0.491 e. The zero-order valence-corrected chi connectivity index (χ0v) is 14.8. The summed E-state index contributed by atoms with van der Waals surface area (Å²) in [7, 11) is 1.60. The van der Waals surface area contributed by atoms with E-state index in [4.69, 9.17) is 9.47 Å². The van der Waals surface area contributed by atoms with Gasteiger partial charge in [0.2, 0.25) is 0 Å². The van der Waals surface area contributed by atoms with Crippen LogP contribution < -0.4 is 4.74 Å². The lowest BCUT2D eigenvalue weighted by atomic mass is 10.1. The second-order valence-corrected chi connectivity index (χ2v) is 6.20. The third kappa shape index (κ3) is 3.04. The average molecular weight is 362 g/mol. The number of methoxy groups -OCH3 is 1. The third-order valence-electron chi connectivity index (χ3n) is 4.59. The molecule has 0 saturated heterocycles. The van der Waals surface area contributed by atoms with Crippen LogP contribution in [0.1, 0.15) is 26.3 Å². The molecule has 2 amide bonds. The standard InChI is InChI=1S/C21H18N2O4/c1-26-11-12-27-19-9-8-18-14(7-4-10-22-18)17(19)13-23-20(24)15-5-2-3-6-16(15)21(23)25/h2-10H,11-13H2,1H3. The lowest BCUT2D eigenvalue weighted by molar-refractivity contribution is 0.0641. The Labute approximate surface area is 156 Å². The molecule has 0 unspecified atom stereocenters. The highest BCUT2D eigenvalue weighted by Crippen LogP contribution is 2.31. The number of hydrogen-bond donors (Lipinski definition) is 0. The molecule has 0 atom stereocenters. The molecule has 6 heteroatoms. The Bertz CT molecular complexity index is 997. The van der Waals surface area contributed by atoms with Gasteiger partial charge in [-0.3, -0.25) is 19.5 Å². The minimum absolute atomic E-state index is 0.123. The molecule has 2 heterocycles. The highest BCUT2D eigenvalue weighted by atomic mass is 16.5. The van der Waals surface area contributed by atoms with E-state index in [0.717, 1.165) is 16.5 Å². The van der Waals surface area contributed by atoms with Gasteiger partial charge in [-0.05, 0) is 30.3 Å². The van der Waals surface area contributed by atoms with Crippen molar-refractivity contribution in [2.75, 3.05) is 20.3 Å². The first-order chi connectivity index (χ1) is 13.2. The van der Waals surface area contributed by atoms with Crippen molar-refractivity contribution in [2.45, 2.75) is 6.54 Å². The van der Waals surface area contributed by atoms with Crippen molar-refractivity contribution in [3.8, 4) is 5.75 Å². The van der Waals surface area contributed by atoms with Gasteiger partial charge in [0.1, 0.15) is 12.4 Å². The topological polar surface area (TPSA) is 68.7 Å². The van der Waals surface area contributed by atoms with Crippen LogP contribution in [0.15, 0.2) is 54.7 Å². The summed E-state index contributed by atoms with van der Waals surface area (Å²) in [5.74, 6) is 0.0303. The van der Waals surface area contributed by atoms with Crippen LogP contribution in [0.2, 0.25) is 0 Å². The molecular weight excluding hydrogens is 344 g/mol. The van der Waals surface area contributed by atoms with Crippen molar-refractivity contribution in [1.29, 1.82) is 0 Å². The van der Waals surface area contributed by atoms with Crippen molar-refractivity contribution in [1.82, 2.24) is 9.88 Å². The monoisotopic (exact) mass is 362 g/mol. The summed E-state index contributed by atoms with van der Waals surface area (Å²) in [6, 6.07) is 14.3. The fourth-order valence-electron chi connectivity index (χ4n) is 3.27. The van der Waals surface area contributed by atoms with Gasteiger partial charge in [0, 0.05) is 24.3 Å². The number of aromatic nitrogens is 1. The molecule has 1 aliphatic rings. The van der Waals surface area contributed by atoms with E-state index in [1.165, 1.54) is 4.90 Å². The van der Waals surface area contributed by atoms with Gasteiger partial charge in [0.25, 0.3) is 11.8 Å². The Morgan fingerprint density at radius 2 is 1.67 bits per heavy atom. The van der Waals surface area contributed by atoms with Crippen molar-refractivity contribution < 1.29 is 19.1 Å². The van der Waals surface area contributed by atoms with E-state index < -0.39 is 0 Å². The third-order valence-corrected chi connectivity index (χ3v) is 4.59. The second kappa shape index (κ2) is 7.17. The summed E-state index contributed by atoms with van der Waals surface area (Å²) < 4.78 is 10.9. The zero-order chi connectivity index (χ0) is 18.8. The molecule has 1 aromatic heterocycles. The molecule has 4 rings (SSSR count). The van der Waals surface area contributed by atoms with Gasteiger partial charge in [-0.15, -0.1) is 0 Å². The molecule has 2 aromatic carbocycles. The molecular formula is C21H18N2O4. The molecule has 0 N–H and O–H groups in total. The molecule has 3 aromatic rings. The summed E-state index contributed by atoms with van der Waals surface area (Å²) >= 11 is 0. The maximum Gasteiger partial charge on any atom is 0.261 e. The molecule has 0 saturated carbocycles. The fraction of sp³-hybridized carbons (Fsp3) is 0.190. The average Bonchev–Trinajstić information content (AvgIpc) is 2.94. The van der Waals surface area contributed by atoms with Gasteiger partial charge in [-0.1, -0.05) is 18.2 Å². The number of carbonyl (C=O) groups excluding carboxylic acids is 2. The zero-order valence-electron chi connectivity index (χ0n) is 14.8. The second-order valence-electron chi connectivity index (χ2n) is 6.20. The summed E-state index contributed by atoms with van der Waals surface area (Å²) in [6.45, 7) is 0.937. The first-order valence-corrected chi connectivity index (χ1v) is 8.64. The Morgan fingerprint density at radius 3 is 2.37 bits per heavy atom. The number of amides is 2. The number of imide groups is 1. The highest BCUT2D eigenvalue weighted by molar-refractivity contribution is 6.21. The molecule has 0 fully saturated rings. The maximum atomic E-state index is 12.7. The Hall–Kier alpha value is -3.25. The number of ether oxygens (including phenoxy) is 2. The minimum atomic E-state index is -0.292. The van der Waals surface area contributed by atoms with Gasteiger partial charge >= 0.3 is 0 Å². The largest absolute Gasteiger partial charge is 0.491 e. The van der Waals surface area contributed by atoms with Crippen LogP contribution in [-0.2, 0) is 11.3 Å². The van der Waals surface area contributed by atoms with E-state index in [1.54, 1.807) is 37.6 Å². The van der Waals surface area contributed by atoms with E-state index in [1.807, 2.05) is 24.3 Å². The SMILES string of the molecule is COCCOc1ccc2ncccc2c1CN1C(=O)c2ccccc2C1=O. The number of carbonyl (C=O) groups is 2. The van der Waals surface area contributed by atoms with Gasteiger partial charge in [-0.25, -0.2) is 0 Å². The van der Waals surface area contributed by atoms with E-state index in [-0.39, 0.29) is 18.4 Å². The van der Waals surface area contributed by atoms with E-state index in [0.29, 0.717) is 30.1 Å². The van der Waals surface area contributed by atoms with Crippen LogP contribution in [0.3, 0.4) is 0 Å². The smallest absolute Gasteiger partial charge is 0.261 e. The quantitative estimate of drug-likeness (QED) is 0.498. The molecule has 6 nitrogen and oxygen atoms in total. The van der Waals surface area contributed by atoms with Crippen molar-refractivity contribution in [3.63, 3.8) is 0 Å². The fourth-order valence-corrected chi connectivity index (χ4v) is 3.27. The Kier molecular flexibility index (Phi) is 4.56. The number of hydrogen-bond acceptors (Lipinski definition) is 5. The Morgan fingerprint density at radius 1 is 0.926 bits per heavy atom. The molecule has 0 aliphatic carbocycles. The van der Waals surface area contributed by atoms with E-state index in [2.05, 4.69) is 4.98 Å². The van der Waals surface area contributed by atoms with Crippen molar-refractivity contribution in [3.05, 3.63) is 71.4 Å². The summed E-state index contributed by atoms with van der Waals surface area (Å²) in [6.07, 6.45) is 1.71. The van der Waals surface area contributed by atoms with Gasteiger partial charge in [0.05, 0.1) is 29.8 Å². The van der Waals surface area contributed by atoms with Crippen LogP contribution in [-0.4, -0.2) is 42.0 Å². The van der Waals surface area contributed by atoms with Gasteiger partial charge < -0.3 is 9.47 Å². The summed E-state index contributed by atoms with van der Waals surface area (Å²) in [5, 5.41) is 0.851. The van der Waals surface area contributed by atoms with Crippen molar-refractivity contribution in [2.24, 2.45) is 0 Å². The van der Waals surface area contributed by atoms with Crippen LogP contribution in [0.4, 0.5) is 0 Å².